The Morgan fingerprint density at radius 2 is 1.88 bits per heavy atom. The van der Waals surface area contributed by atoms with Crippen molar-refractivity contribution in [1.82, 2.24) is 14.6 Å². The zero-order chi connectivity index (χ0) is 17.2. The van der Waals surface area contributed by atoms with Crippen LogP contribution in [0.4, 0.5) is 5.13 Å². The van der Waals surface area contributed by atoms with Crippen molar-refractivity contribution in [2.45, 2.75) is 6.54 Å². The molecular formula is C18H15ClN4OS. The van der Waals surface area contributed by atoms with Gasteiger partial charge in [-0.1, -0.05) is 47.2 Å². The number of methoxy groups -OCH3 is 1. The van der Waals surface area contributed by atoms with Crippen LogP contribution in [0, 0.1) is 0 Å². The largest absolute Gasteiger partial charge is 0.497 e. The molecule has 1 N–H and O–H groups in total. The molecule has 2 aromatic carbocycles. The van der Waals surface area contributed by atoms with Crippen molar-refractivity contribution in [2.75, 3.05) is 12.4 Å². The van der Waals surface area contributed by atoms with E-state index in [0.29, 0.717) is 11.6 Å². The molecule has 25 heavy (non-hydrogen) atoms. The third-order valence-electron chi connectivity index (χ3n) is 3.83. The summed E-state index contributed by atoms with van der Waals surface area (Å²) in [5.74, 6) is 0.851. The van der Waals surface area contributed by atoms with Crippen LogP contribution in [0.1, 0.15) is 5.56 Å². The highest BCUT2D eigenvalue weighted by atomic mass is 35.5. The molecule has 126 valence electrons. The van der Waals surface area contributed by atoms with Gasteiger partial charge >= 0.3 is 0 Å². The highest BCUT2D eigenvalue weighted by Crippen LogP contribution is 2.27. The van der Waals surface area contributed by atoms with Gasteiger partial charge < -0.3 is 10.1 Å². The standard InChI is InChI=1S/C18H15ClN4OS/c1-24-15-8-2-12(3-9-15)10-20-17-22-23-16(11-21-18(23)25-17)13-4-6-14(19)7-5-13/h2-9,11H,10H2,1H3,(H,20,22). The van der Waals surface area contributed by atoms with Gasteiger partial charge in [-0.15, -0.1) is 5.10 Å². The second kappa shape index (κ2) is 6.74. The minimum atomic E-state index is 0.691. The van der Waals surface area contributed by atoms with E-state index in [-0.39, 0.29) is 0 Å². The number of rotatable bonds is 5. The minimum Gasteiger partial charge on any atom is -0.497 e. The van der Waals surface area contributed by atoms with E-state index in [1.165, 1.54) is 11.3 Å². The number of imidazole rings is 1. The van der Waals surface area contributed by atoms with Gasteiger partial charge in [0.15, 0.2) is 0 Å². The molecule has 0 aliphatic heterocycles. The number of aromatic nitrogens is 3. The predicted octanol–water partition coefficient (Wildman–Crippen LogP) is 4.73. The predicted molar refractivity (Wildman–Crippen MR) is 102 cm³/mol. The van der Waals surface area contributed by atoms with E-state index in [2.05, 4.69) is 15.4 Å². The van der Waals surface area contributed by atoms with E-state index in [4.69, 9.17) is 16.3 Å². The third kappa shape index (κ3) is 3.31. The zero-order valence-corrected chi connectivity index (χ0v) is 15.0. The van der Waals surface area contributed by atoms with Gasteiger partial charge in [-0.2, -0.15) is 0 Å². The molecule has 7 heteroatoms. The van der Waals surface area contributed by atoms with Crippen LogP contribution in [0.5, 0.6) is 5.75 Å². The number of ether oxygens (including phenoxy) is 1. The second-order valence-corrected chi connectivity index (χ2v) is 6.85. The quantitative estimate of drug-likeness (QED) is 0.551. The Morgan fingerprint density at radius 3 is 2.60 bits per heavy atom. The first-order valence-electron chi connectivity index (χ1n) is 7.70. The van der Waals surface area contributed by atoms with Crippen molar-refractivity contribution in [1.29, 1.82) is 0 Å². The zero-order valence-electron chi connectivity index (χ0n) is 13.4. The fourth-order valence-electron chi connectivity index (χ4n) is 2.50. The molecule has 2 heterocycles. The third-order valence-corrected chi connectivity index (χ3v) is 4.96. The Kier molecular flexibility index (Phi) is 4.29. The molecule has 0 unspecified atom stereocenters. The van der Waals surface area contributed by atoms with Gasteiger partial charge in [-0.25, -0.2) is 9.50 Å². The highest BCUT2D eigenvalue weighted by molar-refractivity contribution is 7.20. The summed E-state index contributed by atoms with van der Waals surface area (Å²) < 4.78 is 7.02. The summed E-state index contributed by atoms with van der Waals surface area (Å²) in [6, 6.07) is 15.6. The van der Waals surface area contributed by atoms with E-state index in [0.717, 1.165) is 32.7 Å². The van der Waals surface area contributed by atoms with Crippen LogP contribution in [-0.2, 0) is 6.54 Å². The molecule has 0 saturated heterocycles. The Hall–Kier alpha value is -2.57. The fraction of sp³-hybridized carbons (Fsp3) is 0.111. The number of nitrogens with one attached hydrogen (secondary N) is 1. The number of hydrogen-bond acceptors (Lipinski definition) is 5. The molecule has 4 aromatic rings. The molecule has 4 rings (SSSR count). The first-order valence-corrected chi connectivity index (χ1v) is 8.90. The first kappa shape index (κ1) is 15.9. The van der Waals surface area contributed by atoms with Gasteiger partial charge in [0, 0.05) is 17.1 Å². The van der Waals surface area contributed by atoms with Crippen LogP contribution in [0.2, 0.25) is 5.02 Å². The van der Waals surface area contributed by atoms with Crippen molar-refractivity contribution in [3.8, 4) is 17.0 Å². The summed E-state index contributed by atoms with van der Waals surface area (Å²) in [5.41, 5.74) is 3.14. The number of halogens is 1. The van der Waals surface area contributed by atoms with Gasteiger partial charge in [0.25, 0.3) is 0 Å². The Bertz CT molecular complexity index is 992. The van der Waals surface area contributed by atoms with Gasteiger partial charge in [0.1, 0.15) is 5.75 Å². The molecule has 0 atom stereocenters. The number of benzene rings is 2. The number of anilines is 1. The maximum absolute atomic E-state index is 5.96. The van der Waals surface area contributed by atoms with Crippen molar-refractivity contribution >= 4 is 33.0 Å². The van der Waals surface area contributed by atoms with Crippen molar-refractivity contribution < 1.29 is 4.74 Å². The Morgan fingerprint density at radius 1 is 1.12 bits per heavy atom. The average Bonchev–Trinajstić information content (AvgIpc) is 3.21. The van der Waals surface area contributed by atoms with Gasteiger partial charge in [0.2, 0.25) is 10.1 Å². The molecule has 0 radical (unpaired) electrons. The van der Waals surface area contributed by atoms with E-state index in [9.17, 15) is 0 Å². The first-order chi connectivity index (χ1) is 12.2. The van der Waals surface area contributed by atoms with Crippen LogP contribution < -0.4 is 10.1 Å². The summed E-state index contributed by atoms with van der Waals surface area (Å²) >= 11 is 7.48. The number of fused-ring (bicyclic) bond motifs is 1. The van der Waals surface area contributed by atoms with Crippen LogP contribution in [-0.4, -0.2) is 21.7 Å². The topological polar surface area (TPSA) is 51.5 Å². The Balaban J connectivity index is 1.54. The molecule has 0 fully saturated rings. The number of nitrogens with zero attached hydrogens (tertiary/aromatic N) is 3. The highest BCUT2D eigenvalue weighted by Gasteiger charge is 2.11. The summed E-state index contributed by atoms with van der Waals surface area (Å²) in [7, 11) is 1.66. The lowest BCUT2D eigenvalue weighted by atomic mass is 10.2. The molecular weight excluding hydrogens is 356 g/mol. The smallest absolute Gasteiger partial charge is 0.214 e. The molecule has 0 spiro atoms. The van der Waals surface area contributed by atoms with Crippen LogP contribution in [0.15, 0.2) is 54.7 Å². The van der Waals surface area contributed by atoms with Crippen molar-refractivity contribution in [3.63, 3.8) is 0 Å². The molecule has 5 nitrogen and oxygen atoms in total. The van der Waals surface area contributed by atoms with E-state index >= 15 is 0 Å². The SMILES string of the molecule is COc1ccc(CNc2nn3c(-c4ccc(Cl)cc4)cnc3s2)cc1. The van der Waals surface area contributed by atoms with Gasteiger partial charge in [-0.05, 0) is 29.8 Å². The normalized spacial score (nSPS) is 11.0. The summed E-state index contributed by atoms with van der Waals surface area (Å²) in [5, 5.41) is 9.51. The molecule has 0 aliphatic rings. The van der Waals surface area contributed by atoms with Crippen molar-refractivity contribution in [3.05, 3.63) is 65.3 Å². The maximum atomic E-state index is 5.96. The van der Waals surface area contributed by atoms with Gasteiger partial charge in [0.05, 0.1) is 19.0 Å². The second-order valence-electron chi connectivity index (χ2n) is 5.45. The summed E-state index contributed by atoms with van der Waals surface area (Å²) in [4.78, 5) is 5.29. The minimum absolute atomic E-state index is 0.691. The van der Waals surface area contributed by atoms with Gasteiger partial charge in [-0.3, -0.25) is 0 Å². The van der Waals surface area contributed by atoms with Crippen LogP contribution in [0.3, 0.4) is 0 Å². The molecule has 2 aromatic heterocycles. The van der Waals surface area contributed by atoms with Crippen LogP contribution >= 0.6 is 22.9 Å². The summed E-state index contributed by atoms with van der Waals surface area (Å²) in [6.45, 7) is 0.691. The Labute approximate surface area is 153 Å². The lowest BCUT2D eigenvalue weighted by Crippen LogP contribution is -2.00. The molecule has 0 aliphatic carbocycles. The van der Waals surface area contributed by atoms with E-state index < -0.39 is 0 Å². The molecule has 0 saturated carbocycles. The average molecular weight is 371 g/mol. The van der Waals surface area contributed by atoms with E-state index in [1.807, 2.05) is 59.2 Å². The molecule has 0 amide bonds. The monoisotopic (exact) mass is 370 g/mol. The number of hydrogen-bond donors (Lipinski definition) is 1. The molecule has 0 bridgehead atoms. The van der Waals surface area contributed by atoms with Crippen molar-refractivity contribution in [2.24, 2.45) is 0 Å². The summed E-state index contributed by atoms with van der Waals surface area (Å²) in [6.07, 6.45) is 1.83. The van der Waals surface area contributed by atoms with E-state index in [1.54, 1.807) is 7.11 Å². The maximum Gasteiger partial charge on any atom is 0.214 e. The fourth-order valence-corrected chi connectivity index (χ4v) is 3.40. The lowest BCUT2D eigenvalue weighted by molar-refractivity contribution is 0.414. The lowest BCUT2D eigenvalue weighted by Gasteiger charge is -2.04. The van der Waals surface area contributed by atoms with Crippen LogP contribution in [0.25, 0.3) is 16.2 Å².